The lowest BCUT2D eigenvalue weighted by Gasteiger charge is -2.25. The summed E-state index contributed by atoms with van der Waals surface area (Å²) in [5, 5.41) is 6.31. The van der Waals surface area contributed by atoms with Crippen molar-refractivity contribution >= 4 is 5.91 Å². The van der Waals surface area contributed by atoms with Gasteiger partial charge in [0.25, 0.3) is 0 Å². The summed E-state index contributed by atoms with van der Waals surface area (Å²) < 4.78 is 0. The van der Waals surface area contributed by atoms with Crippen molar-refractivity contribution < 1.29 is 4.79 Å². The highest BCUT2D eigenvalue weighted by atomic mass is 16.1. The molecule has 0 aromatic rings. The van der Waals surface area contributed by atoms with Crippen LogP contribution in [-0.4, -0.2) is 50.1 Å². The van der Waals surface area contributed by atoms with Crippen LogP contribution in [-0.2, 0) is 4.79 Å². The van der Waals surface area contributed by atoms with Gasteiger partial charge in [0, 0.05) is 25.7 Å². The molecular formula is C13H27N3O. The van der Waals surface area contributed by atoms with Crippen molar-refractivity contribution in [1.29, 1.82) is 0 Å². The number of hydrogen-bond acceptors (Lipinski definition) is 3. The minimum Gasteiger partial charge on any atom is -0.355 e. The number of carbonyl (C=O) groups is 1. The molecule has 1 fully saturated rings. The lowest BCUT2D eigenvalue weighted by molar-refractivity contribution is -0.125. The van der Waals surface area contributed by atoms with Gasteiger partial charge in [0.2, 0.25) is 5.91 Å². The summed E-state index contributed by atoms with van der Waals surface area (Å²) in [4.78, 5) is 14.1. The zero-order valence-corrected chi connectivity index (χ0v) is 11.5. The van der Waals surface area contributed by atoms with Crippen LogP contribution >= 0.6 is 0 Å². The zero-order valence-electron chi connectivity index (χ0n) is 11.5. The average molecular weight is 241 g/mol. The van der Waals surface area contributed by atoms with Gasteiger partial charge in [-0.3, -0.25) is 4.79 Å². The molecule has 0 spiro atoms. The number of rotatable bonds is 6. The highest BCUT2D eigenvalue weighted by Crippen LogP contribution is 2.09. The van der Waals surface area contributed by atoms with E-state index in [1.165, 1.54) is 0 Å². The molecule has 1 aliphatic rings. The maximum Gasteiger partial charge on any atom is 0.224 e. The monoisotopic (exact) mass is 241 g/mol. The highest BCUT2D eigenvalue weighted by Gasteiger charge is 2.20. The minimum atomic E-state index is 0.178. The van der Waals surface area contributed by atoms with E-state index >= 15 is 0 Å². The topological polar surface area (TPSA) is 44.4 Å². The first-order valence-electron chi connectivity index (χ1n) is 6.83. The smallest absolute Gasteiger partial charge is 0.224 e. The lowest BCUT2D eigenvalue weighted by Crippen LogP contribution is -2.43. The fourth-order valence-corrected chi connectivity index (χ4v) is 2.11. The van der Waals surface area contributed by atoms with Crippen molar-refractivity contribution in [3.8, 4) is 0 Å². The van der Waals surface area contributed by atoms with Crippen molar-refractivity contribution in [2.75, 3.05) is 33.2 Å². The van der Waals surface area contributed by atoms with Crippen molar-refractivity contribution in [2.45, 2.75) is 39.2 Å². The maximum atomic E-state index is 11.8. The first kappa shape index (κ1) is 14.5. The van der Waals surface area contributed by atoms with Gasteiger partial charge in [0.1, 0.15) is 0 Å². The van der Waals surface area contributed by atoms with Crippen molar-refractivity contribution in [3.63, 3.8) is 0 Å². The third kappa shape index (κ3) is 5.04. The van der Waals surface area contributed by atoms with Crippen molar-refractivity contribution in [2.24, 2.45) is 5.92 Å². The largest absolute Gasteiger partial charge is 0.355 e. The van der Waals surface area contributed by atoms with E-state index < -0.39 is 0 Å². The second-order valence-corrected chi connectivity index (χ2v) is 5.07. The molecule has 0 aliphatic carbocycles. The number of carbonyl (C=O) groups excluding carboxylic acids is 1. The van der Waals surface area contributed by atoms with E-state index in [1.54, 1.807) is 0 Å². The summed E-state index contributed by atoms with van der Waals surface area (Å²) in [6.45, 7) is 7.99. The van der Waals surface area contributed by atoms with Crippen LogP contribution in [0.25, 0.3) is 0 Å². The fourth-order valence-electron chi connectivity index (χ4n) is 2.11. The molecule has 0 radical (unpaired) electrons. The summed E-state index contributed by atoms with van der Waals surface area (Å²) >= 11 is 0. The van der Waals surface area contributed by atoms with Crippen LogP contribution in [0.15, 0.2) is 0 Å². The summed E-state index contributed by atoms with van der Waals surface area (Å²) in [5.41, 5.74) is 0. The van der Waals surface area contributed by atoms with E-state index in [0.29, 0.717) is 6.04 Å². The SMILES string of the molecule is CCC(C)N(C)CCNC(=O)C1CCCNC1. The van der Waals surface area contributed by atoms with Crippen LogP contribution in [0.5, 0.6) is 0 Å². The Morgan fingerprint density at radius 1 is 1.59 bits per heavy atom. The second kappa shape index (κ2) is 7.67. The summed E-state index contributed by atoms with van der Waals surface area (Å²) in [6, 6.07) is 0.586. The molecule has 2 unspecified atom stereocenters. The maximum absolute atomic E-state index is 11.8. The predicted molar refractivity (Wildman–Crippen MR) is 71.0 cm³/mol. The number of nitrogens with zero attached hydrogens (tertiary/aromatic N) is 1. The van der Waals surface area contributed by atoms with Crippen LogP contribution in [0.3, 0.4) is 0 Å². The molecule has 1 heterocycles. The summed E-state index contributed by atoms with van der Waals surface area (Å²) in [5.74, 6) is 0.396. The standard InChI is InChI=1S/C13H27N3O/c1-4-11(2)16(3)9-8-15-13(17)12-6-5-7-14-10-12/h11-12,14H,4-10H2,1-3H3,(H,15,17). The second-order valence-electron chi connectivity index (χ2n) is 5.07. The molecule has 100 valence electrons. The number of amides is 1. The summed E-state index contributed by atoms with van der Waals surface area (Å²) in [6.07, 6.45) is 3.29. The van der Waals surface area contributed by atoms with Gasteiger partial charge in [-0.25, -0.2) is 0 Å². The van der Waals surface area contributed by atoms with Crippen LogP contribution in [0, 0.1) is 5.92 Å². The molecule has 17 heavy (non-hydrogen) atoms. The first-order valence-corrected chi connectivity index (χ1v) is 6.83. The average Bonchev–Trinajstić information content (AvgIpc) is 2.38. The molecule has 1 aliphatic heterocycles. The van der Waals surface area contributed by atoms with E-state index in [2.05, 4.69) is 36.4 Å². The third-order valence-electron chi connectivity index (χ3n) is 3.77. The van der Waals surface area contributed by atoms with Gasteiger partial charge in [-0.1, -0.05) is 6.92 Å². The van der Waals surface area contributed by atoms with Gasteiger partial charge >= 0.3 is 0 Å². The third-order valence-corrected chi connectivity index (χ3v) is 3.77. The van der Waals surface area contributed by atoms with Gasteiger partial charge in [-0.15, -0.1) is 0 Å². The van der Waals surface area contributed by atoms with Gasteiger partial charge in [0.15, 0.2) is 0 Å². The van der Waals surface area contributed by atoms with E-state index in [0.717, 1.165) is 45.4 Å². The molecule has 1 saturated heterocycles. The number of piperidine rings is 1. The Bertz CT molecular complexity index is 227. The Morgan fingerprint density at radius 2 is 2.35 bits per heavy atom. The Hall–Kier alpha value is -0.610. The Morgan fingerprint density at radius 3 is 2.94 bits per heavy atom. The van der Waals surface area contributed by atoms with Gasteiger partial charge in [0.05, 0.1) is 5.92 Å². The van der Waals surface area contributed by atoms with E-state index in [1.807, 2.05) is 0 Å². The molecule has 2 atom stereocenters. The molecule has 1 amide bonds. The van der Waals surface area contributed by atoms with Crippen LogP contribution in [0.1, 0.15) is 33.1 Å². The van der Waals surface area contributed by atoms with Crippen molar-refractivity contribution in [3.05, 3.63) is 0 Å². The Labute approximate surface area is 105 Å². The van der Waals surface area contributed by atoms with E-state index in [4.69, 9.17) is 0 Å². The number of likely N-dealkylation sites (N-methyl/N-ethyl adjacent to an activating group) is 1. The minimum absolute atomic E-state index is 0.178. The number of hydrogen-bond donors (Lipinski definition) is 2. The molecule has 0 aromatic heterocycles. The van der Waals surface area contributed by atoms with Gasteiger partial charge in [-0.2, -0.15) is 0 Å². The van der Waals surface area contributed by atoms with E-state index in [-0.39, 0.29) is 11.8 Å². The molecule has 1 rings (SSSR count). The Balaban J connectivity index is 2.15. The van der Waals surface area contributed by atoms with Crippen LogP contribution in [0.2, 0.25) is 0 Å². The molecule has 4 nitrogen and oxygen atoms in total. The first-order chi connectivity index (χ1) is 8.15. The van der Waals surface area contributed by atoms with Crippen molar-refractivity contribution in [1.82, 2.24) is 15.5 Å². The normalized spacial score (nSPS) is 22.5. The zero-order chi connectivity index (χ0) is 12.7. The molecule has 4 heteroatoms. The highest BCUT2D eigenvalue weighted by molar-refractivity contribution is 5.78. The quantitative estimate of drug-likeness (QED) is 0.724. The predicted octanol–water partition coefficient (Wildman–Crippen LogP) is 0.833. The molecule has 0 aromatic carbocycles. The molecule has 0 bridgehead atoms. The van der Waals surface area contributed by atoms with Crippen LogP contribution in [0.4, 0.5) is 0 Å². The molecule has 2 N–H and O–H groups in total. The van der Waals surface area contributed by atoms with E-state index in [9.17, 15) is 4.79 Å². The molecular weight excluding hydrogens is 214 g/mol. The van der Waals surface area contributed by atoms with Crippen LogP contribution < -0.4 is 10.6 Å². The fraction of sp³-hybridized carbons (Fsp3) is 0.923. The summed E-state index contributed by atoms with van der Waals surface area (Å²) in [7, 11) is 2.11. The van der Waals surface area contributed by atoms with Gasteiger partial charge < -0.3 is 15.5 Å². The molecule has 0 saturated carbocycles. The Kier molecular flexibility index (Phi) is 6.52. The van der Waals surface area contributed by atoms with Gasteiger partial charge in [-0.05, 0) is 39.8 Å². The number of nitrogens with one attached hydrogen (secondary N) is 2. The lowest BCUT2D eigenvalue weighted by atomic mass is 9.99.